The van der Waals surface area contributed by atoms with Crippen LogP contribution in [0, 0.1) is 12.7 Å². The Balaban J connectivity index is 1.67. The molecule has 0 aliphatic rings. The van der Waals surface area contributed by atoms with Crippen molar-refractivity contribution in [2.45, 2.75) is 13.0 Å². The van der Waals surface area contributed by atoms with Crippen molar-refractivity contribution in [2.24, 2.45) is 0 Å². The molecule has 32 heavy (non-hydrogen) atoms. The van der Waals surface area contributed by atoms with Crippen LogP contribution in [0.25, 0.3) is 11.3 Å². The van der Waals surface area contributed by atoms with Crippen LogP contribution in [0.15, 0.2) is 72.0 Å². The summed E-state index contributed by atoms with van der Waals surface area (Å²) in [5, 5.41) is 13.5. The molecule has 0 unspecified atom stereocenters. The zero-order valence-electron chi connectivity index (χ0n) is 17.0. The van der Waals surface area contributed by atoms with Crippen molar-refractivity contribution < 1.29 is 9.50 Å². The van der Waals surface area contributed by atoms with Crippen LogP contribution < -0.4 is 10.9 Å². The van der Waals surface area contributed by atoms with Crippen molar-refractivity contribution in [3.63, 3.8) is 0 Å². The predicted molar refractivity (Wildman–Crippen MR) is 121 cm³/mol. The summed E-state index contributed by atoms with van der Waals surface area (Å²) in [6.45, 7) is 1.58. The highest BCUT2D eigenvalue weighted by Gasteiger charge is 2.16. The summed E-state index contributed by atoms with van der Waals surface area (Å²) in [4.78, 5) is 25.1. The zero-order chi connectivity index (χ0) is 22.7. The van der Waals surface area contributed by atoms with Crippen LogP contribution in [0.5, 0.6) is 0 Å². The molecule has 2 N–H and O–H groups in total. The third-order valence-electron chi connectivity index (χ3n) is 5.00. The monoisotopic (exact) mass is 451 g/mol. The van der Waals surface area contributed by atoms with E-state index >= 15 is 0 Å². The van der Waals surface area contributed by atoms with E-state index in [0.29, 0.717) is 10.6 Å². The van der Waals surface area contributed by atoms with Gasteiger partial charge in [0.1, 0.15) is 5.69 Å². The first-order chi connectivity index (χ1) is 15.5. The van der Waals surface area contributed by atoms with Gasteiger partial charge in [0, 0.05) is 40.9 Å². The molecule has 162 valence electrons. The summed E-state index contributed by atoms with van der Waals surface area (Å²) in [6, 6.07) is 10.9. The van der Waals surface area contributed by atoms with Crippen molar-refractivity contribution in [2.75, 3.05) is 11.9 Å². The maximum atomic E-state index is 14.5. The van der Waals surface area contributed by atoms with Crippen molar-refractivity contribution in [1.29, 1.82) is 0 Å². The lowest BCUT2D eigenvalue weighted by Crippen LogP contribution is -2.26. The van der Waals surface area contributed by atoms with Gasteiger partial charge < -0.3 is 15.0 Å². The predicted octanol–water partition coefficient (Wildman–Crippen LogP) is 4.13. The zero-order valence-corrected chi connectivity index (χ0v) is 17.8. The first kappa shape index (κ1) is 21.6. The maximum Gasteiger partial charge on any atom is 0.251 e. The summed E-state index contributed by atoms with van der Waals surface area (Å²) >= 11 is 5.93. The number of nitrogens with one attached hydrogen (secondary N) is 1. The van der Waals surface area contributed by atoms with E-state index in [1.54, 1.807) is 48.8 Å². The van der Waals surface area contributed by atoms with Crippen LogP contribution in [0.4, 0.5) is 16.0 Å². The van der Waals surface area contributed by atoms with Gasteiger partial charge in [0.25, 0.3) is 5.56 Å². The molecule has 7 nitrogen and oxygen atoms in total. The van der Waals surface area contributed by atoms with Gasteiger partial charge >= 0.3 is 0 Å². The topological polar surface area (TPSA) is 92.9 Å². The van der Waals surface area contributed by atoms with Crippen LogP contribution in [-0.4, -0.2) is 31.2 Å². The summed E-state index contributed by atoms with van der Waals surface area (Å²) < 4.78 is 15.9. The number of halogens is 2. The summed E-state index contributed by atoms with van der Waals surface area (Å²) in [5.41, 5.74) is 2.22. The van der Waals surface area contributed by atoms with Crippen LogP contribution in [0.3, 0.4) is 0 Å². The Bertz CT molecular complexity index is 1310. The van der Waals surface area contributed by atoms with E-state index in [0.717, 1.165) is 23.0 Å². The molecular weight excluding hydrogens is 433 g/mol. The van der Waals surface area contributed by atoms with Gasteiger partial charge in [0.15, 0.2) is 5.82 Å². The Kier molecular flexibility index (Phi) is 6.25. The first-order valence-electron chi connectivity index (χ1n) is 9.75. The smallest absolute Gasteiger partial charge is 0.251 e. The summed E-state index contributed by atoms with van der Waals surface area (Å²) in [6.07, 6.45) is 5.87. The van der Waals surface area contributed by atoms with Crippen molar-refractivity contribution in [3.8, 4) is 11.3 Å². The number of rotatable bonds is 6. The number of aryl methyl sites for hydroxylation is 1. The fourth-order valence-corrected chi connectivity index (χ4v) is 3.42. The number of hydrogen-bond acceptors (Lipinski definition) is 6. The molecule has 4 aromatic rings. The molecule has 0 amide bonds. The van der Waals surface area contributed by atoms with Gasteiger partial charge in [-0.25, -0.2) is 14.4 Å². The highest BCUT2D eigenvalue weighted by molar-refractivity contribution is 6.30. The number of anilines is 2. The molecule has 4 rings (SSSR count). The van der Waals surface area contributed by atoms with Gasteiger partial charge in [0.05, 0.1) is 18.8 Å². The number of benzene rings is 1. The highest BCUT2D eigenvalue weighted by Crippen LogP contribution is 2.24. The molecule has 0 fully saturated rings. The number of aliphatic hydroxyl groups is 1. The van der Waals surface area contributed by atoms with E-state index < -0.39 is 17.4 Å². The molecule has 1 atom stereocenters. The SMILES string of the molecule is Cc1cnccc1Nc1ncc(F)c(-c2ccn([C@H](CO)c3ccc(Cl)cc3)c(=O)c2)n1. The van der Waals surface area contributed by atoms with E-state index in [4.69, 9.17) is 11.6 Å². The summed E-state index contributed by atoms with van der Waals surface area (Å²) in [7, 11) is 0. The third kappa shape index (κ3) is 4.51. The molecule has 0 saturated carbocycles. The average Bonchev–Trinajstić information content (AvgIpc) is 2.79. The lowest BCUT2D eigenvalue weighted by molar-refractivity contribution is 0.247. The fourth-order valence-electron chi connectivity index (χ4n) is 3.30. The minimum atomic E-state index is -0.657. The van der Waals surface area contributed by atoms with Gasteiger partial charge in [-0.2, -0.15) is 0 Å². The van der Waals surface area contributed by atoms with E-state index in [1.165, 1.54) is 16.8 Å². The molecule has 0 aliphatic carbocycles. The van der Waals surface area contributed by atoms with Gasteiger partial charge in [-0.3, -0.25) is 9.78 Å². The molecule has 0 bridgehead atoms. The summed E-state index contributed by atoms with van der Waals surface area (Å²) in [5.74, 6) is -0.468. The number of pyridine rings is 2. The molecule has 3 aromatic heterocycles. The van der Waals surface area contributed by atoms with E-state index in [1.807, 2.05) is 6.92 Å². The molecule has 0 radical (unpaired) electrons. The van der Waals surface area contributed by atoms with Gasteiger partial charge in [-0.05, 0) is 42.3 Å². The second kappa shape index (κ2) is 9.25. The standard InChI is InChI=1S/C23H19ClFN5O2/c1-14-11-26-8-6-19(14)28-23-27-12-18(25)22(29-23)16-7-9-30(21(32)10-16)20(13-31)15-2-4-17(24)5-3-15/h2-12,20,31H,13H2,1H3,(H,26,27,28,29)/t20-/m1/s1. The number of hydrogen-bond donors (Lipinski definition) is 2. The van der Waals surface area contributed by atoms with Gasteiger partial charge in [-0.1, -0.05) is 23.7 Å². The Hall–Kier alpha value is -3.62. The fraction of sp³-hybridized carbons (Fsp3) is 0.130. The lowest BCUT2D eigenvalue weighted by Gasteiger charge is -2.18. The molecule has 0 aliphatic heterocycles. The number of aliphatic hydroxyl groups excluding tert-OH is 1. The van der Waals surface area contributed by atoms with Gasteiger partial charge in [-0.15, -0.1) is 0 Å². The van der Waals surface area contributed by atoms with Crippen LogP contribution in [0.2, 0.25) is 5.02 Å². The third-order valence-corrected chi connectivity index (χ3v) is 5.25. The van der Waals surface area contributed by atoms with Crippen molar-refractivity contribution >= 4 is 23.2 Å². The van der Waals surface area contributed by atoms with Crippen LogP contribution >= 0.6 is 11.6 Å². The Morgan fingerprint density at radius 3 is 2.66 bits per heavy atom. The molecular formula is C23H19ClFN5O2. The molecule has 0 saturated heterocycles. The van der Waals surface area contributed by atoms with E-state index in [9.17, 15) is 14.3 Å². The Morgan fingerprint density at radius 2 is 1.97 bits per heavy atom. The quantitative estimate of drug-likeness (QED) is 0.458. The minimum absolute atomic E-state index is 0.00880. The van der Waals surface area contributed by atoms with Crippen molar-refractivity contribution in [3.05, 3.63) is 99.6 Å². The average molecular weight is 452 g/mol. The van der Waals surface area contributed by atoms with E-state index in [-0.39, 0.29) is 18.2 Å². The van der Waals surface area contributed by atoms with Crippen molar-refractivity contribution in [1.82, 2.24) is 19.5 Å². The normalized spacial score (nSPS) is 11.9. The lowest BCUT2D eigenvalue weighted by atomic mass is 10.1. The van der Waals surface area contributed by atoms with Gasteiger partial charge in [0.2, 0.25) is 5.95 Å². The largest absolute Gasteiger partial charge is 0.394 e. The second-order valence-corrected chi connectivity index (χ2v) is 7.55. The first-order valence-corrected chi connectivity index (χ1v) is 10.1. The maximum absolute atomic E-state index is 14.5. The number of aromatic nitrogens is 4. The minimum Gasteiger partial charge on any atom is -0.394 e. The van der Waals surface area contributed by atoms with E-state index in [2.05, 4.69) is 20.3 Å². The molecule has 0 spiro atoms. The molecule has 3 heterocycles. The highest BCUT2D eigenvalue weighted by atomic mass is 35.5. The molecule has 9 heteroatoms. The van der Waals surface area contributed by atoms with Crippen LogP contribution in [-0.2, 0) is 0 Å². The second-order valence-electron chi connectivity index (χ2n) is 7.12. The Labute approximate surface area is 188 Å². The molecule has 1 aromatic carbocycles. The van der Waals surface area contributed by atoms with Crippen LogP contribution in [0.1, 0.15) is 17.2 Å². The number of nitrogens with zero attached hydrogens (tertiary/aromatic N) is 4. The Morgan fingerprint density at radius 1 is 1.19 bits per heavy atom.